The Morgan fingerprint density at radius 1 is 0.625 bits per heavy atom. The largest absolute Gasteiger partial charge is 0.262 e. The molecule has 3 aromatic carbocycles. The third kappa shape index (κ3) is 3.18. The molecule has 3 aromatic heterocycles. The van der Waals surface area contributed by atoms with Crippen molar-refractivity contribution in [2.75, 3.05) is 0 Å². The van der Waals surface area contributed by atoms with Crippen molar-refractivity contribution in [3.05, 3.63) is 108 Å². The van der Waals surface area contributed by atoms with Crippen molar-refractivity contribution in [2.45, 2.75) is 0 Å². The van der Waals surface area contributed by atoms with E-state index in [9.17, 15) is 0 Å². The van der Waals surface area contributed by atoms with Crippen LogP contribution in [-0.2, 0) is 0 Å². The van der Waals surface area contributed by atoms with E-state index in [1.54, 1.807) is 0 Å². The Morgan fingerprint density at radius 3 is 1.94 bits per heavy atom. The third-order valence-corrected chi connectivity index (χ3v) is 6.03. The molecule has 5 heteroatoms. The van der Waals surface area contributed by atoms with Gasteiger partial charge in [0.1, 0.15) is 5.65 Å². The van der Waals surface area contributed by atoms with Gasteiger partial charge in [-0.2, -0.15) is 0 Å². The summed E-state index contributed by atoms with van der Waals surface area (Å²) in [7, 11) is 0. The first-order valence-electron chi connectivity index (χ1n) is 10.3. The number of hydrogen-bond donors (Lipinski definition) is 0. The highest BCUT2D eigenvalue weighted by molar-refractivity contribution is 9.10. The average molecular weight is 477 g/mol. The topological polar surface area (TPSA) is 43.6 Å². The van der Waals surface area contributed by atoms with Crippen LogP contribution in [0.15, 0.2) is 108 Å². The Balaban J connectivity index is 1.70. The smallest absolute Gasteiger partial charge is 0.237 e. The molecule has 0 bridgehead atoms. The summed E-state index contributed by atoms with van der Waals surface area (Å²) in [5.41, 5.74) is 5.69. The normalized spacial score (nSPS) is 11.3. The highest BCUT2D eigenvalue weighted by Gasteiger charge is 2.17. The summed E-state index contributed by atoms with van der Waals surface area (Å²) >= 11 is 3.61. The van der Waals surface area contributed by atoms with Crippen molar-refractivity contribution in [3.8, 4) is 28.5 Å². The number of aromatic nitrogens is 4. The van der Waals surface area contributed by atoms with Gasteiger partial charge in [-0.25, -0.2) is 15.0 Å². The SMILES string of the molecule is Brc1ccc2c(c1)c1cccnc1n2-c1nc(-c2ccccc2)cc(-c2ccccc2)n1. The Bertz CT molecular complexity index is 1520. The second-order valence-corrected chi connectivity index (χ2v) is 8.46. The van der Waals surface area contributed by atoms with E-state index < -0.39 is 0 Å². The molecule has 0 unspecified atom stereocenters. The van der Waals surface area contributed by atoms with E-state index in [-0.39, 0.29) is 0 Å². The zero-order valence-corrected chi connectivity index (χ0v) is 18.6. The maximum Gasteiger partial charge on any atom is 0.237 e. The predicted molar refractivity (Wildman–Crippen MR) is 133 cm³/mol. The standard InChI is InChI=1S/C27H17BrN4/c28-20-13-14-25-22(16-20)21-12-7-15-29-26(21)32(25)27-30-23(18-8-3-1-4-9-18)17-24(31-27)19-10-5-2-6-11-19/h1-17H. The minimum absolute atomic E-state index is 0.603. The lowest BCUT2D eigenvalue weighted by Gasteiger charge is -2.11. The lowest BCUT2D eigenvalue weighted by molar-refractivity contribution is 0.981. The number of halogens is 1. The van der Waals surface area contributed by atoms with Crippen LogP contribution in [0.2, 0.25) is 0 Å². The van der Waals surface area contributed by atoms with Crippen LogP contribution in [0.4, 0.5) is 0 Å². The molecule has 0 N–H and O–H groups in total. The van der Waals surface area contributed by atoms with Crippen LogP contribution in [0.1, 0.15) is 0 Å². The van der Waals surface area contributed by atoms with E-state index in [2.05, 4.69) is 63.0 Å². The van der Waals surface area contributed by atoms with E-state index in [4.69, 9.17) is 15.0 Å². The fourth-order valence-electron chi connectivity index (χ4n) is 4.07. The van der Waals surface area contributed by atoms with Crippen LogP contribution in [0.5, 0.6) is 0 Å². The monoisotopic (exact) mass is 476 g/mol. The van der Waals surface area contributed by atoms with E-state index >= 15 is 0 Å². The zero-order valence-electron chi connectivity index (χ0n) is 17.0. The van der Waals surface area contributed by atoms with Gasteiger partial charge in [0, 0.05) is 32.6 Å². The first kappa shape index (κ1) is 18.9. The molecule has 6 rings (SSSR count). The molecule has 0 saturated heterocycles. The Hall–Kier alpha value is -3.83. The van der Waals surface area contributed by atoms with Crippen molar-refractivity contribution in [1.29, 1.82) is 0 Å². The number of pyridine rings is 1. The molecule has 0 aliphatic heterocycles. The fraction of sp³-hybridized carbons (Fsp3) is 0. The van der Waals surface area contributed by atoms with Gasteiger partial charge >= 0.3 is 0 Å². The number of nitrogens with zero attached hydrogens (tertiary/aromatic N) is 4. The summed E-state index contributed by atoms with van der Waals surface area (Å²) in [5.74, 6) is 0.603. The Kier molecular flexibility index (Phi) is 4.55. The quantitative estimate of drug-likeness (QED) is 0.274. The number of rotatable bonds is 3. The van der Waals surface area contributed by atoms with E-state index in [1.807, 2.05) is 60.8 Å². The van der Waals surface area contributed by atoms with Crippen LogP contribution >= 0.6 is 15.9 Å². The number of benzene rings is 3. The lowest BCUT2D eigenvalue weighted by atomic mass is 10.1. The van der Waals surface area contributed by atoms with Gasteiger partial charge in [-0.05, 0) is 36.4 Å². The minimum atomic E-state index is 0.603. The maximum atomic E-state index is 4.99. The van der Waals surface area contributed by atoms with Crippen molar-refractivity contribution >= 4 is 37.9 Å². The number of hydrogen-bond acceptors (Lipinski definition) is 3. The van der Waals surface area contributed by atoms with E-state index in [1.165, 1.54) is 0 Å². The molecular formula is C27H17BrN4. The lowest BCUT2D eigenvalue weighted by Crippen LogP contribution is -2.04. The molecule has 32 heavy (non-hydrogen) atoms. The summed E-state index contributed by atoms with van der Waals surface area (Å²) in [4.78, 5) is 14.7. The highest BCUT2D eigenvalue weighted by atomic mass is 79.9. The van der Waals surface area contributed by atoms with Gasteiger partial charge in [0.2, 0.25) is 5.95 Å². The summed E-state index contributed by atoms with van der Waals surface area (Å²) in [6.45, 7) is 0. The molecule has 0 aliphatic rings. The van der Waals surface area contributed by atoms with Gasteiger partial charge in [0.05, 0.1) is 16.9 Å². The fourth-order valence-corrected chi connectivity index (χ4v) is 4.43. The van der Waals surface area contributed by atoms with Crippen LogP contribution in [0.3, 0.4) is 0 Å². The molecule has 4 nitrogen and oxygen atoms in total. The molecule has 0 radical (unpaired) electrons. The molecule has 152 valence electrons. The predicted octanol–water partition coefficient (Wildman–Crippen LogP) is 7.07. The third-order valence-electron chi connectivity index (χ3n) is 5.54. The second kappa shape index (κ2) is 7.70. The van der Waals surface area contributed by atoms with Crippen LogP contribution in [0, 0.1) is 0 Å². The summed E-state index contributed by atoms with van der Waals surface area (Å²) < 4.78 is 3.08. The van der Waals surface area contributed by atoms with Crippen LogP contribution in [-0.4, -0.2) is 19.5 Å². The molecule has 0 spiro atoms. The van der Waals surface area contributed by atoms with Gasteiger partial charge in [-0.1, -0.05) is 76.6 Å². The average Bonchev–Trinajstić information content (AvgIpc) is 3.18. The second-order valence-electron chi connectivity index (χ2n) is 7.54. The van der Waals surface area contributed by atoms with Crippen molar-refractivity contribution in [3.63, 3.8) is 0 Å². The first-order valence-corrected chi connectivity index (χ1v) is 11.1. The van der Waals surface area contributed by atoms with Gasteiger partial charge in [0.25, 0.3) is 0 Å². The Labute approximate surface area is 193 Å². The summed E-state index contributed by atoms with van der Waals surface area (Å²) in [6, 6.07) is 32.8. The minimum Gasteiger partial charge on any atom is -0.262 e. The van der Waals surface area contributed by atoms with Gasteiger partial charge in [0.15, 0.2) is 0 Å². The molecule has 0 amide bonds. The van der Waals surface area contributed by atoms with Gasteiger partial charge in [-0.15, -0.1) is 0 Å². The molecule has 0 atom stereocenters. The molecule has 0 fully saturated rings. The summed E-state index contributed by atoms with van der Waals surface area (Å²) in [5, 5.41) is 2.18. The first-order chi connectivity index (χ1) is 15.8. The zero-order chi connectivity index (χ0) is 21.5. The van der Waals surface area contributed by atoms with Gasteiger partial charge in [-0.3, -0.25) is 4.57 Å². The van der Waals surface area contributed by atoms with Crippen molar-refractivity contribution < 1.29 is 0 Å². The molecule has 6 aromatic rings. The molecule has 0 saturated carbocycles. The van der Waals surface area contributed by atoms with Crippen molar-refractivity contribution in [1.82, 2.24) is 19.5 Å². The number of fused-ring (bicyclic) bond motifs is 3. The van der Waals surface area contributed by atoms with E-state index in [0.29, 0.717) is 5.95 Å². The van der Waals surface area contributed by atoms with Crippen LogP contribution in [0.25, 0.3) is 50.4 Å². The summed E-state index contributed by atoms with van der Waals surface area (Å²) in [6.07, 6.45) is 1.81. The Morgan fingerprint density at radius 2 is 1.28 bits per heavy atom. The molecular weight excluding hydrogens is 460 g/mol. The molecule has 3 heterocycles. The van der Waals surface area contributed by atoms with Crippen LogP contribution < -0.4 is 0 Å². The maximum absolute atomic E-state index is 4.99. The van der Waals surface area contributed by atoms with Gasteiger partial charge < -0.3 is 0 Å². The molecule has 0 aliphatic carbocycles. The van der Waals surface area contributed by atoms with Crippen molar-refractivity contribution in [2.24, 2.45) is 0 Å². The highest BCUT2D eigenvalue weighted by Crippen LogP contribution is 2.33. The van der Waals surface area contributed by atoms with E-state index in [0.717, 1.165) is 48.9 Å².